The van der Waals surface area contributed by atoms with Crippen LogP contribution in [0.15, 0.2) is 72.8 Å². The number of benzene rings is 3. The minimum atomic E-state index is -0.269. The van der Waals surface area contributed by atoms with E-state index in [1.807, 2.05) is 67.7 Å². The molecule has 1 amide bonds. The normalized spacial score (nSPS) is 12.8. The summed E-state index contributed by atoms with van der Waals surface area (Å²) in [4.78, 5) is 17.7. The highest BCUT2D eigenvalue weighted by Crippen LogP contribution is 2.35. The molecule has 0 atom stereocenters. The summed E-state index contributed by atoms with van der Waals surface area (Å²) >= 11 is 0. The van der Waals surface area contributed by atoms with Crippen molar-refractivity contribution in [2.45, 2.75) is 6.54 Å². The van der Waals surface area contributed by atoms with Crippen molar-refractivity contribution in [1.29, 1.82) is 0 Å². The molecule has 36 heavy (non-hydrogen) atoms. The number of anilines is 2. The average Bonchev–Trinajstić information content (AvgIpc) is 3.31. The second-order valence-corrected chi connectivity index (χ2v) is 8.40. The van der Waals surface area contributed by atoms with E-state index in [0.717, 1.165) is 22.7 Å². The number of rotatable bonds is 7. The molecule has 3 aromatic carbocycles. The van der Waals surface area contributed by atoms with E-state index in [0.29, 0.717) is 31.1 Å². The topological polar surface area (TPSA) is 82.0 Å². The molecular formula is C27H27N5O4. The van der Waals surface area contributed by atoms with Gasteiger partial charge in [0.05, 0.1) is 32.1 Å². The van der Waals surface area contributed by atoms with Crippen molar-refractivity contribution in [3.8, 4) is 23.1 Å². The quantitative estimate of drug-likeness (QED) is 0.387. The van der Waals surface area contributed by atoms with Crippen LogP contribution in [0.2, 0.25) is 0 Å². The van der Waals surface area contributed by atoms with Crippen LogP contribution in [-0.4, -0.2) is 55.3 Å². The van der Waals surface area contributed by atoms with Gasteiger partial charge in [-0.3, -0.25) is 4.79 Å². The molecule has 0 N–H and O–H groups in total. The molecule has 0 spiro atoms. The number of likely N-dealkylation sites (N-methyl/N-ethyl adjacent to an activating group) is 1. The third-order valence-electron chi connectivity index (χ3n) is 6.13. The third-order valence-corrected chi connectivity index (χ3v) is 6.13. The molecule has 2 heterocycles. The Balaban J connectivity index is 1.52. The largest absolute Gasteiger partial charge is 0.497 e. The van der Waals surface area contributed by atoms with Gasteiger partial charge in [-0.05, 0) is 42.0 Å². The van der Waals surface area contributed by atoms with E-state index < -0.39 is 0 Å². The van der Waals surface area contributed by atoms with Crippen LogP contribution in [0.4, 0.5) is 11.4 Å². The number of fused-ring (bicyclic) bond motifs is 1. The zero-order chi connectivity index (χ0) is 25.1. The maximum Gasteiger partial charge on any atom is 0.284 e. The van der Waals surface area contributed by atoms with E-state index in [9.17, 15) is 4.79 Å². The Morgan fingerprint density at radius 3 is 2.33 bits per heavy atom. The molecule has 0 aliphatic carbocycles. The lowest BCUT2D eigenvalue weighted by Gasteiger charge is -2.35. The van der Waals surface area contributed by atoms with Crippen molar-refractivity contribution < 1.29 is 19.0 Å². The number of amides is 1. The summed E-state index contributed by atoms with van der Waals surface area (Å²) in [6.45, 7) is 1.59. The molecule has 5 rings (SSSR count). The molecule has 0 radical (unpaired) electrons. The van der Waals surface area contributed by atoms with Gasteiger partial charge < -0.3 is 24.0 Å². The van der Waals surface area contributed by atoms with Gasteiger partial charge in [-0.25, -0.2) is 4.68 Å². The Morgan fingerprint density at radius 2 is 1.58 bits per heavy atom. The predicted octanol–water partition coefficient (Wildman–Crippen LogP) is 4.23. The van der Waals surface area contributed by atoms with Gasteiger partial charge in [-0.15, -0.1) is 5.10 Å². The summed E-state index contributed by atoms with van der Waals surface area (Å²) in [6, 6.07) is 22.7. The Labute approximate surface area is 209 Å². The molecule has 1 aliphatic heterocycles. The molecule has 9 nitrogen and oxygen atoms in total. The van der Waals surface area contributed by atoms with E-state index in [-0.39, 0.29) is 17.5 Å². The van der Waals surface area contributed by atoms with Gasteiger partial charge in [-0.1, -0.05) is 35.5 Å². The Hall–Kier alpha value is -4.53. The third kappa shape index (κ3) is 4.55. The van der Waals surface area contributed by atoms with Gasteiger partial charge in [0.2, 0.25) is 5.69 Å². The number of methoxy groups -OCH3 is 2. The van der Waals surface area contributed by atoms with Gasteiger partial charge in [0, 0.05) is 26.2 Å². The van der Waals surface area contributed by atoms with Crippen molar-refractivity contribution in [2.75, 3.05) is 44.2 Å². The maximum absolute atomic E-state index is 13.8. The van der Waals surface area contributed by atoms with Gasteiger partial charge in [0.15, 0.2) is 0 Å². The summed E-state index contributed by atoms with van der Waals surface area (Å²) in [6.07, 6.45) is 0. The van der Waals surface area contributed by atoms with Crippen molar-refractivity contribution in [3.05, 3.63) is 84.1 Å². The van der Waals surface area contributed by atoms with Crippen LogP contribution in [0.1, 0.15) is 16.1 Å². The first-order valence-electron chi connectivity index (χ1n) is 11.6. The summed E-state index contributed by atoms with van der Waals surface area (Å²) in [7, 11) is 5.23. The standard InChI is InChI=1S/C27H27N5O4/c1-30-15-16-31(24-10-5-4-9-23(24)30)26(33)25-27(36-22-8-6-7-21(17-22)35-3)32(29-28-25)18-19-11-13-20(34-2)14-12-19/h4-14,17H,15-16,18H2,1-3H3. The zero-order valence-corrected chi connectivity index (χ0v) is 20.4. The maximum atomic E-state index is 13.8. The van der Waals surface area contributed by atoms with E-state index in [2.05, 4.69) is 15.2 Å². The van der Waals surface area contributed by atoms with Crippen LogP contribution in [0.3, 0.4) is 0 Å². The minimum Gasteiger partial charge on any atom is -0.497 e. The number of nitrogens with zero attached hydrogens (tertiary/aromatic N) is 5. The zero-order valence-electron chi connectivity index (χ0n) is 20.4. The lowest BCUT2D eigenvalue weighted by Crippen LogP contribution is -2.42. The number of aromatic nitrogens is 3. The number of carbonyl (C=O) groups is 1. The van der Waals surface area contributed by atoms with E-state index in [1.165, 1.54) is 0 Å². The van der Waals surface area contributed by atoms with Crippen molar-refractivity contribution in [3.63, 3.8) is 0 Å². The van der Waals surface area contributed by atoms with Crippen LogP contribution in [-0.2, 0) is 6.54 Å². The molecular weight excluding hydrogens is 458 g/mol. The Kier molecular flexibility index (Phi) is 6.44. The van der Waals surface area contributed by atoms with Gasteiger partial charge in [0.25, 0.3) is 11.8 Å². The van der Waals surface area contributed by atoms with Crippen LogP contribution in [0, 0.1) is 0 Å². The smallest absolute Gasteiger partial charge is 0.284 e. The fourth-order valence-corrected chi connectivity index (χ4v) is 4.17. The summed E-state index contributed by atoms with van der Waals surface area (Å²) in [5.74, 6) is 1.91. The molecule has 0 saturated heterocycles. The first-order valence-corrected chi connectivity index (χ1v) is 11.6. The van der Waals surface area contributed by atoms with E-state index >= 15 is 0 Å². The predicted molar refractivity (Wildman–Crippen MR) is 137 cm³/mol. The number of hydrogen-bond acceptors (Lipinski definition) is 7. The van der Waals surface area contributed by atoms with Crippen LogP contribution in [0.5, 0.6) is 23.1 Å². The van der Waals surface area contributed by atoms with Gasteiger partial charge in [0.1, 0.15) is 17.2 Å². The second kappa shape index (κ2) is 9.99. The van der Waals surface area contributed by atoms with Gasteiger partial charge in [-0.2, -0.15) is 0 Å². The molecule has 0 fully saturated rings. The van der Waals surface area contributed by atoms with Crippen LogP contribution >= 0.6 is 0 Å². The summed E-state index contributed by atoms with van der Waals surface area (Å²) in [5.41, 5.74) is 2.91. The monoisotopic (exact) mass is 485 g/mol. The van der Waals surface area contributed by atoms with E-state index in [4.69, 9.17) is 14.2 Å². The number of carbonyl (C=O) groups excluding carboxylic acids is 1. The van der Waals surface area contributed by atoms with Gasteiger partial charge >= 0.3 is 0 Å². The number of hydrogen-bond donors (Lipinski definition) is 0. The molecule has 9 heteroatoms. The molecule has 4 aromatic rings. The first-order chi connectivity index (χ1) is 17.6. The molecule has 0 saturated carbocycles. The molecule has 0 bridgehead atoms. The highest BCUT2D eigenvalue weighted by molar-refractivity contribution is 6.08. The molecule has 1 aromatic heterocycles. The fraction of sp³-hybridized carbons (Fsp3) is 0.222. The van der Waals surface area contributed by atoms with Crippen LogP contribution < -0.4 is 24.0 Å². The molecule has 0 unspecified atom stereocenters. The molecule has 184 valence electrons. The minimum absolute atomic E-state index is 0.144. The lowest BCUT2D eigenvalue weighted by molar-refractivity contribution is 0.0979. The van der Waals surface area contributed by atoms with E-state index in [1.54, 1.807) is 35.9 Å². The molecule has 1 aliphatic rings. The average molecular weight is 486 g/mol. The summed E-state index contributed by atoms with van der Waals surface area (Å²) in [5, 5.41) is 8.58. The van der Waals surface area contributed by atoms with Crippen molar-refractivity contribution >= 4 is 17.3 Å². The number of ether oxygens (including phenoxy) is 3. The SMILES string of the molecule is COc1ccc(Cn2nnc(C(=O)N3CCN(C)c4ccccc43)c2Oc2cccc(OC)c2)cc1. The Morgan fingerprint density at radius 1 is 0.861 bits per heavy atom. The fourth-order valence-electron chi connectivity index (χ4n) is 4.17. The number of para-hydroxylation sites is 2. The highest BCUT2D eigenvalue weighted by atomic mass is 16.5. The Bertz CT molecular complexity index is 1370. The second-order valence-electron chi connectivity index (χ2n) is 8.40. The van der Waals surface area contributed by atoms with Crippen LogP contribution in [0.25, 0.3) is 0 Å². The van der Waals surface area contributed by atoms with Crippen molar-refractivity contribution in [1.82, 2.24) is 15.0 Å². The first kappa shape index (κ1) is 23.2. The lowest BCUT2D eigenvalue weighted by atomic mass is 10.1. The van der Waals surface area contributed by atoms with Crippen molar-refractivity contribution in [2.24, 2.45) is 0 Å². The highest BCUT2D eigenvalue weighted by Gasteiger charge is 2.31. The summed E-state index contributed by atoms with van der Waals surface area (Å²) < 4.78 is 18.4.